The van der Waals surface area contributed by atoms with E-state index in [1.165, 1.54) is 0 Å². The first-order valence-corrected chi connectivity index (χ1v) is 15.5. The molecule has 1 aliphatic rings. The lowest BCUT2D eigenvalue weighted by Gasteiger charge is -2.39. The van der Waals surface area contributed by atoms with Crippen LogP contribution in [0, 0.1) is 0 Å². The number of ether oxygens (including phenoxy) is 2. The number of hydrogen-bond donors (Lipinski definition) is 5. The molecule has 1 saturated heterocycles. The first-order chi connectivity index (χ1) is 21.8. The van der Waals surface area contributed by atoms with Crippen LogP contribution in [-0.2, 0) is 25.7 Å². The molecule has 2 amide bonds. The molecular weight excluding hydrogens is 574 g/mol. The highest BCUT2D eigenvalue weighted by molar-refractivity contribution is 5.90. The van der Waals surface area contributed by atoms with Gasteiger partial charge in [-0.25, -0.2) is 5.48 Å². The molecule has 10 heteroatoms. The highest BCUT2D eigenvalue weighted by Gasteiger charge is 2.34. The fraction of sp³-hybridized carbons (Fsp3) is 0.429. The molecule has 3 aromatic carbocycles. The van der Waals surface area contributed by atoms with Gasteiger partial charge >= 0.3 is 0 Å². The fourth-order valence-corrected chi connectivity index (χ4v) is 5.48. The average Bonchev–Trinajstić information content (AvgIpc) is 3.07. The van der Waals surface area contributed by atoms with Crippen LogP contribution in [0.4, 0.5) is 5.69 Å². The normalized spacial score (nSPS) is 19.6. The number of rotatable bonds is 15. The molecule has 3 aromatic rings. The molecule has 1 aliphatic heterocycles. The van der Waals surface area contributed by atoms with Gasteiger partial charge < -0.3 is 25.0 Å². The van der Waals surface area contributed by atoms with E-state index in [-0.39, 0.29) is 37.2 Å². The first-order valence-electron chi connectivity index (χ1n) is 15.5. The van der Waals surface area contributed by atoms with Crippen LogP contribution in [0.25, 0.3) is 0 Å². The predicted octanol–water partition coefficient (Wildman–Crippen LogP) is 5.17. The highest BCUT2D eigenvalue weighted by Crippen LogP contribution is 2.39. The molecule has 0 unspecified atom stereocenters. The quantitative estimate of drug-likeness (QED) is 0.0892. The summed E-state index contributed by atoms with van der Waals surface area (Å²) in [6.07, 6.45) is 1.22. The number of likely N-dealkylation sites (N-methyl/N-ethyl adjacent to an activating group) is 1. The van der Waals surface area contributed by atoms with Crippen LogP contribution in [0.2, 0.25) is 0 Å². The summed E-state index contributed by atoms with van der Waals surface area (Å²) in [5.41, 5.74) is 5.67. The molecule has 4 rings (SSSR count). The molecule has 0 radical (unpaired) electrons. The van der Waals surface area contributed by atoms with E-state index >= 15 is 0 Å². The number of carbonyl (C=O) groups is 2. The number of anilines is 1. The minimum atomic E-state index is -0.691. The maximum atomic E-state index is 12.6. The van der Waals surface area contributed by atoms with Crippen molar-refractivity contribution in [2.75, 3.05) is 18.9 Å². The monoisotopic (exact) mass is 619 g/mol. The Hall–Kier alpha value is -3.64. The molecule has 0 saturated carbocycles. The average molecular weight is 620 g/mol. The lowest BCUT2D eigenvalue weighted by atomic mass is 9.98. The molecule has 5 atom stereocenters. The minimum Gasteiger partial charge on any atom is -0.392 e. The van der Waals surface area contributed by atoms with Crippen LogP contribution in [0.1, 0.15) is 86.2 Å². The largest absolute Gasteiger partial charge is 0.392 e. The Bertz CT molecular complexity index is 1350. The van der Waals surface area contributed by atoms with Crippen molar-refractivity contribution in [2.45, 2.75) is 82.7 Å². The molecule has 1 heterocycles. The van der Waals surface area contributed by atoms with Crippen molar-refractivity contribution in [3.05, 3.63) is 101 Å². The van der Waals surface area contributed by atoms with Crippen molar-refractivity contribution in [3.8, 4) is 0 Å². The molecule has 10 nitrogen and oxygen atoms in total. The van der Waals surface area contributed by atoms with Crippen molar-refractivity contribution < 1.29 is 34.5 Å². The van der Waals surface area contributed by atoms with Gasteiger partial charge in [-0.3, -0.25) is 19.7 Å². The summed E-state index contributed by atoms with van der Waals surface area (Å²) in [5.74, 6) is -0.558. The standard InChI is InChI=1S/C35H45N3O7/c1-24(34(42)27-10-5-3-6-11-27)38(2)22-30-21-31(26-18-16-25(23-39)17-19-26)45-35(44-30)28-12-9-13-29(20-28)36-32(40)14-7-4-8-15-33(41)37-43/h3,5-6,9-13,16-20,24,30-31,34-35,39,42-43H,4,7-8,14-15,21-23H2,1-2H3,(H,36,40)(H,37,41)/t24-,30+,31-,34-,35-/m1/s1. The number of amides is 2. The molecule has 0 bridgehead atoms. The number of benzene rings is 3. The maximum absolute atomic E-state index is 12.6. The van der Waals surface area contributed by atoms with Gasteiger partial charge in [-0.2, -0.15) is 0 Å². The van der Waals surface area contributed by atoms with Crippen molar-refractivity contribution in [1.29, 1.82) is 0 Å². The van der Waals surface area contributed by atoms with E-state index in [1.807, 2.05) is 92.8 Å². The van der Waals surface area contributed by atoms with Gasteiger partial charge in [-0.15, -0.1) is 0 Å². The van der Waals surface area contributed by atoms with E-state index in [4.69, 9.17) is 14.7 Å². The summed E-state index contributed by atoms with van der Waals surface area (Å²) in [7, 11) is 1.98. The van der Waals surface area contributed by atoms with Gasteiger partial charge in [-0.05, 0) is 55.6 Å². The number of unbranched alkanes of at least 4 members (excludes halogenated alkanes) is 2. The summed E-state index contributed by atoms with van der Waals surface area (Å²) in [4.78, 5) is 25.8. The lowest BCUT2D eigenvalue weighted by molar-refractivity contribution is -0.253. The second-order valence-corrected chi connectivity index (χ2v) is 11.7. The van der Waals surface area contributed by atoms with E-state index in [2.05, 4.69) is 10.2 Å². The number of carbonyl (C=O) groups excluding carboxylic acids is 2. The van der Waals surface area contributed by atoms with E-state index in [0.29, 0.717) is 44.3 Å². The van der Waals surface area contributed by atoms with Gasteiger partial charge in [0, 0.05) is 43.1 Å². The zero-order valence-corrected chi connectivity index (χ0v) is 26.0. The van der Waals surface area contributed by atoms with Crippen molar-refractivity contribution in [2.24, 2.45) is 0 Å². The Labute approximate surface area is 264 Å². The van der Waals surface area contributed by atoms with E-state index in [0.717, 1.165) is 22.3 Å². The second kappa shape index (κ2) is 17.2. The second-order valence-electron chi connectivity index (χ2n) is 11.7. The fourth-order valence-electron chi connectivity index (χ4n) is 5.48. The Morgan fingerprint density at radius 3 is 2.31 bits per heavy atom. The lowest BCUT2D eigenvalue weighted by Crippen LogP contribution is -2.43. The molecular formula is C35H45N3O7. The first kappa shape index (κ1) is 34.2. The maximum Gasteiger partial charge on any atom is 0.243 e. The molecule has 5 N–H and O–H groups in total. The predicted molar refractivity (Wildman–Crippen MR) is 170 cm³/mol. The Balaban J connectivity index is 1.44. The third-order valence-corrected chi connectivity index (χ3v) is 8.27. The van der Waals surface area contributed by atoms with E-state index in [1.54, 1.807) is 5.48 Å². The minimum absolute atomic E-state index is 0.0357. The number of aliphatic hydroxyl groups excluding tert-OH is 2. The summed E-state index contributed by atoms with van der Waals surface area (Å²) in [6, 6.07) is 24.6. The molecule has 0 aromatic heterocycles. The Morgan fingerprint density at radius 1 is 0.911 bits per heavy atom. The SMILES string of the molecule is C[C@H]([C@@H](O)c1ccccc1)N(C)C[C@@H]1C[C@H](c2ccc(CO)cc2)O[C@H](c2cccc(NC(=O)CCCCCC(=O)NO)c2)O1. The van der Waals surface area contributed by atoms with Gasteiger partial charge in [0.1, 0.15) is 0 Å². The molecule has 242 valence electrons. The molecule has 0 spiro atoms. The number of nitrogens with zero attached hydrogens (tertiary/aromatic N) is 1. The zero-order valence-electron chi connectivity index (χ0n) is 26.0. The van der Waals surface area contributed by atoms with Gasteiger partial charge in [0.05, 0.1) is 24.9 Å². The van der Waals surface area contributed by atoms with E-state index < -0.39 is 18.3 Å². The highest BCUT2D eigenvalue weighted by atomic mass is 16.7. The summed E-state index contributed by atoms with van der Waals surface area (Å²) < 4.78 is 13.0. The van der Waals surface area contributed by atoms with Crippen LogP contribution < -0.4 is 10.8 Å². The van der Waals surface area contributed by atoms with Crippen molar-refractivity contribution in [1.82, 2.24) is 10.4 Å². The van der Waals surface area contributed by atoms with Gasteiger partial charge in [0.15, 0.2) is 6.29 Å². The van der Waals surface area contributed by atoms with Crippen LogP contribution in [0.15, 0.2) is 78.9 Å². The van der Waals surface area contributed by atoms with Crippen molar-refractivity contribution >= 4 is 17.5 Å². The zero-order chi connectivity index (χ0) is 32.2. The van der Waals surface area contributed by atoms with E-state index in [9.17, 15) is 19.8 Å². The number of nitrogens with one attached hydrogen (secondary N) is 2. The third kappa shape index (κ3) is 10.2. The van der Waals surface area contributed by atoms with Crippen LogP contribution >= 0.6 is 0 Å². The van der Waals surface area contributed by atoms with Gasteiger partial charge in [0.2, 0.25) is 11.8 Å². The van der Waals surface area contributed by atoms with Crippen LogP contribution in [-0.4, -0.2) is 57.9 Å². The topological polar surface area (TPSA) is 141 Å². The summed E-state index contributed by atoms with van der Waals surface area (Å²) >= 11 is 0. The third-order valence-electron chi connectivity index (χ3n) is 8.27. The molecule has 1 fully saturated rings. The number of hydroxylamine groups is 1. The molecule has 45 heavy (non-hydrogen) atoms. The summed E-state index contributed by atoms with van der Waals surface area (Å²) in [5, 5.41) is 32.1. The van der Waals surface area contributed by atoms with Gasteiger partial charge in [0.25, 0.3) is 0 Å². The summed E-state index contributed by atoms with van der Waals surface area (Å²) in [6.45, 7) is 2.52. The molecule has 0 aliphatic carbocycles. The van der Waals surface area contributed by atoms with Crippen LogP contribution in [0.5, 0.6) is 0 Å². The number of hydrogen-bond acceptors (Lipinski definition) is 8. The van der Waals surface area contributed by atoms with Crippen molar-refractivity contribution in [3.63, 3.8) is 0 Å². The van der Waals surface area contributed by atoms with Crippen LogP contribution in [0.3, 0.4) is 0 Å². The Morgan fingerprint density at radius 2 is 1.62 bits per heavy atom. The Kier molecular flexibility index (Phi) is 13.1. The smallest absolute Gasteiger partial charge is 0.243 e. The van der Waals surface area contributed by atoms with Gasteiger partial charge in [-0.1, -0.05) is 73.2 Å². The number of aliphatic hydroxyl groups is 2.